The zero-order chi connectivity index (χ0) is 14.5. The van der Waals surface area contributed by atoms with Gasteiger partial charge in [-0.3, -0.25) is 0 Å². The lowest BCUT2D eigenvalue weighted by Crippen LogP contribution is -1.99. The lowest BCUT2D eigenvalue weighted by atomic mass is 10.1. The Balaban J connectivity index is 2.16. The number of alkyl halides is 1. The molecule has 0 N–H and O–H groups in total. The smallest absolute Gasteiger partial charge is 0.129 e. The molecule has 0 spiro atoms. The highest BCUT2D eigenvalue weighted by atomic mass is 35.5. The van der Waals surface area contributed by atoms with Crippen molar-refractivity contribution in [2.45, 2.75) is 39.0 Å². The number of hydrogen-bond acceptors (Lipinski definition) is 2. The van der Waals surface area contributed by atoms with Gasteiger partial charge in [0.2, 0.25) is 0 Å². The molecule has 0 aliphatic heterocycles. The first-order valence-corrected chi connectivity index (χ1v) is 7.65. The number of Topliss-reactive ketones (excluding diaryl/α,β-unsaturated/α-hetero) is 1. The van der Waals surface area contributed by atoms with Crippen LogP contribution in [-0.2, 0) is 24.7 Å². The van der Waals surface area contributed by atoms with Gasteiger partial charge in [0.25, 0.3) is 0 Å². The number of imidazole rings is 1. The van der Waals surface area contributed by atoms with Crippen molar-refractivity contribution in [1.82, 2.24) is 9.55 Å². The zero-order valence-electron chi connectivity index (χ0n) is 12.2. The average Bonchev–Trinajstić information content (AvgIpc) is 2.72. The molecule has 20 heavy (non-hydrogen) atoms. The van der Waals surface area contributed by atoms with E-state index >= 15 is 0 Å². The van der Waals surface area contributed by atoms with Crippen LogP contribution >= 0.6 is 11.6 Å². The van der Waals surface area contributed by atoms with Crippen molar-refractivity contribution in [3.8, 4) is 0 Å². The third-order valence-electron chi connectivity index (χ3n) is 3.57. The van der Waals surface area contributed by atoms with Gasteiger partial charge in [0.1, 0.15) is 11.6 Å². The van der Waals surface area contributed by atoms with Gasteiger partial charge >= 0.3 is 0 Å². The second-order valence-corrected chi connectivity index (χ2v) is 5.64. The van der Waals surface area contributed by atoms with Crippen LogP contribution in [0.2, 0.25) is 0 Å². The normalized spacial score (nSPS) is 11.2. The standard InChI is InChI=1S/C16H21ClN2O/c1-12(20)5-3-7-16-18-14-11-13(6-4-10-17)8-9-15(14)19(16)2/h8-9,11H,3-7,10H2,1-2H3. The first kappa shape index (κ1) is 15.0. The molecule has 0 fully saturated rings. The number of hydrogen-bond donors (Lipinski definition) is 0. The summed E-state index contributed by atoms with van der Waals surface area (Å²) in [6, 6.07) is 6.42. The van der Waals surface area contributed by atoms with Gasteiger partial charge in [0.15, 0.2) is 0 Å². The van der Waals surface area contributed by atoms with Crippen molar-refractivity contribution in [3.63, 3.8) is 0 Å². The molecule has 0 saturated heterocycles. The summed E-state index contributed by atoms with van der Waals surface area (Å²) in [4.78, 5) is 15.7. The maximum Gasteiger partial charge on any atom is 0.129 e. The van der Waals surface area contributed by atoms with Crippen LogP contribution in [0.15, 0.2) is 18.2 Å². The molecule has 0 bridgehead atoms. The molecule has 0 aliphatic carbocycles. The summed E-state index contributed by atoms with van der Waals surface area (Å²) in [6.45, 7) is 1.64. The summed E-state index contributed by atoms with van der Waals surface area (Å²) in [5.74, 6) is 1.99. The highest BCUT2D eigenvalue weighted by Gasteiger charge is 2.08. The van der Waals surface area contributed by atoms with Gasteiger partial charge in [-0.25, -0.2) is 4.98 Å². The van der Waals surface area contributed by atoms with Gasteiger partial charge in [-0.05, 0) is 43.9 Å². The minimum atomic E-state index is 0.243. The number of fused-ring (bicyclic) bond motifs is 1. The van der Waals surface area contributed by atoms with Crippen LogP contribution in [0.5, 0.6) is 0 Å². The van der Waals surface area contributed by atoms with E-state index in [0.29, 0.717) is 12.3 Å². The molecular weight excluding hydrogens is 272 g/mol. The van der Waals surface area contributed by atoms with E-state index in [4.69, 9.17) is 16.6 Å². The minimum Gasteiger partial charge on any atom is -0.331 e. The number of ketones is 1. The zero-order valence-corrected chi connectivity index (χ0v) is 12.9. The number of carbonyl (C=O) groups is 1. The largest absolute Gasteiger partial charge is 0.331 e. The molecule has 2 rings (SSSR count). The van der Waals surface area contributed by atoms with Crippen molar-refractivity contribution in [2.24, 2.45) is 7.05 Å². The van der Waals surface area contributed by atoms with E-state index in [1.165, 1.54) is 5.56 Å². The summed E-state index contributed by atoms with van der Waals surface area (Å²) in [5, 5.41) is 0. The van der Waals surface area contributed by atoms with Crippen LogP contribution < -0.4 is 0 Å². The molecule has 1 aromatic heterocycles. The molecule has 4 heteroatoms. The molecule has 0 atom stereocenters. The summed E-state index contributed by atoms with van der Waals surface area (Å²) >= 11 is 5.73. The van der Waals surface area contributed by atoms with Crippen LogP contribution in [0, 0.1) is 0 Å². The maximum atomic E-state index is 11.0. The van der Waals surface area contributed by atoms with Crippen LogP contribution in [0.4, 0.5) is 0 Å². The SMILES string of the molecule is CC(=O)CCCc1nc2cc(CCCCl)ccc2n1C. The quantitative estimate of drug-likeness (QED) is 0.730. The number of aromatic nitrogens is 2. The topological polar surface area (TPSA) is 34.9 Å². The Morgan fingerprint density at radius 3 is 2.80 bits per heavy atom. The molecule has 0 saturated carbocycles. The molecule has 1 heterocycles. The number of halogens is 1. The highest BCUT2D eigenvalue weighted by molar-refractivity contribution is 6.17. The Hall–Kier alpha value is -1.35. The third kappa shape index (κ3) is 3.60. The van der Waals surface area contributed by atoms with E-state index in [-0.39, 0.29) is 5.78 Å². The Morgan fingerprint density at radius 1 is 1.30 bits per heavy atom. The van der Waals surface area contributed by atoms with E-state index < -0.39 is 0 Å². The number of nitrogens with zero attached hydrogens (tertiary/aromatic N) is 2. The molecule has 108 valence electrons. The second kappa shape index (κ2) is 6.89. The number of benzene rings is 1. The summed E-state index contributed by atoms with van der Waals surface area (Å²) in [7, 11) is 2.04. The monoisotopic (exact) mass is 292 g/mol. The van der Waals surface area contributed by atoms with E-state index in [9.17, 15) is 4.79 Å². The second-order valence-electron chi connectivity index (χ2n) is 5.26. The molecule has 0 radical (unpaired) electrons. The van der Waals surface area contributed by atoms with Crippen molar-refractivity contribution in [1.29, 1.82) is 0 Å². The fourth-order valence-corrected chi connectivity index (χ4v) is 2.57. The lowest BCUT2D eigenvalue weighted by molar-refractivity contribution is -0.117. The van der Waals surface area contributed by atoms with Crippen molar-refractivity contribution in [2.75, 3.05) is 5.88 Å². The molecule has 0 amide bonds. The third-order valence-corrected chi connectivity index (χ3v) is 3.83. The first-order valence-electron chi connectivity index (χ1n) is 7.11. The van der Waals surface area contributed by atoms with Crippen molar-refractivity contribution in [3.05, 3.63) is 29.6 Å². The van der Waals surface area contributed by atoms with Gasteiger partial charge < -0.3 is 9.36 Å². The van der Waals surface area contributed by atoms with E-state index in [1.54, 1.807) is 6.92 Å². The van der Waals surface area contributed by atoms with Gasteiger partial charge in [-0.1, -0.05) is 6.07 Å². The molecular formula is C16H21ClN2O. The summed E-state index contributed by atoms with van der Waals surface area (Å²) < 4.78 is 2.13. The molecule has 0 unspecified atom stereocenters. The van der Waals surface area contributed by atoms with Crippen LogP contribution in [0.3, 0.4) is 0 Å². The summed E-state index contributed by atoms with van der Waals surface area (Å²) in [6.07, 6.45) is 4.33. The predicted molar refractivity (Wildman–Crippen MR) is 83.4 cm³/mol. The van der Waals surface area contributed by atoms with Gasteiger partial charge in [0, 0.05) is 25.8 Å². The Bertz CT molecular complexity index is 604. The van der Waals surface area contributed by atoms with E-state index in [2.05, 4.69) is 22.8 Å². The van der Waals surface area contributed by atoms with Crippen LogP contribution in [0.25, 0.3) is 11.0 Å². The van der Waals surface area contributed by atoms with Crippen molar-refractivity contribution >= 4 is 28.4 Å². The number of carbonyl (C=O) groups excluding carboxylic acids is 1. The maximum absolute atomic E-state index is 11.0. The minimum absolute atomic E-state index is 0.243. The van der Waals surface area contributed by atoms with Crippen molar-refractivity contribution < 1.29 is 4.79 Å². The van der Waals surface area contributed by atoms with E-state index in [1.807, 2.05) is 7.05 Å². The Labute approximate surface area is 125 Å². The van der Waals surface area contributed by atoms with E-state index in [0.717, 1.165) is 42.5 Å². The molecule has 1 aromatic carbocycles. The Morgan fingerprint density at radius 2 is 2.10 bits per heavy atom. The highest BCUT2D eigenvalue weighted by Crippen LogP contribution is 2.19. The Kier molecular flexibility index (Phi) is 5.18. The predicted octanol–water partition coefficient (Wildman–Crippen LogP) is 3.66. The molecule has 3 nitrogen and oxygen atoms in total. The average molecular weight is 293 g/mol. The number of aryl methyl sites for hydroxylation is 3. The van der Waals surface area contributed by atoms with Crippen LogP contribution in [0.1, 0.15) is 37.6 Å². The molecule has 0 aliphatic rings. The van der Waals surface area contributed by atoms with Gasteiger partial charge in [0.05, 0.1) is 11.0 Å². The molecule has 2 aromatic rings. The summed E-state index contributed by atoms with van der Waals surface area (Å²) in [5.41, 5.74) is 3.47. The fourth-order valence-electron chi connectivity index (χ4n) is 2.44. The lowest BCUT2D eigenvalue weighted by Gasteiger charge is -2.02. The fraction of sp³-hybridized carbons (Fsp3) is 0.500. The van der Waals surface area contributed by atoms with Gasteiger partial charge in [-0.2, -0.15) is 0 Å². The number of rotatable bonds is 7. The van der Waals surface area contributed by atoms with Gasteiger partial charge in [-0.15, -0.1) is 11.6 Å². The first-order chi connectivity index (χ1) is 9.61. The van der Waals surface area contributed by atoms with Crippen LogP contribution in [-0.4, -0.2) is 21.2 Å².